The molecule has 0 saturated heterocycles. The molecule has 3 nitrogen and oxygen atoms in total. The minimum atomic E-state index is -0.910. The lowest BCUT2D eigenvalue weighted by atomic mass is 9.90. The SMILES string of the molecule is O=C(O)Cc1ccc(F)c(-c2cccc3c2CCNC3)c1. The molecule has 0 aromatic heterocycles. The van der Waals surface area contributed by atoms with Gasteiger partial charge in [-0.25, -0.2) is 4.39 Å². The van der Waals surface area contributed by atoms with Gasteiger partial charge in [-0.05, 0) is 47.4 Å². The number of carboxylic acids is 1. The first-order valence-corrected chi connectivity index (χ1v) is 6.97. The maximum atomic E-state index is 14.2. The maximum absolute atomic E-state index is 14.2. The first-order valence-electron chi connectivity index (χ1n) is 6.97. The minimum absolute atomic E-state index is 0.0934. The number of hydrogen-bond acceptors (Lipinski definition) is 2. The molecule has 21 heavy (non-hydrogen) atoms. The van der Waals surface area contributed by atoms with E-state index >= 15 is 0 Å². The predicted molar refractivity (Wildman–Crippen MR) is 78.6 cm³/mol. The molecule has 1 heterocycles. The molecule has 4 heteroatoms. The fourth-order valence-corrected chi connectivity index (χ4v) is 2.85. The van der Waals surface area contributed by atoms with Gasteiger partial charge >= 0.3 is 5.97 Å². The third-order valence-electron chi connectivity index (χ3n) is 3.82. The van der Waals surface area contributed by atoms with Crippen molar-refractivity contribution in [1.29, 1.82) is 0 Å². The van der Waals surface area contributed by atoms with E-state index in [2.05, 4.69) is 5.32 Å². The smallest absolute Gasteiger partial charge is 0.307 e. The van der Waals surface area contributed by atoms with Crippen molar-refractivity contribution < 1.29 is 14.3 Å². The van der Waals surface area contributed by atoms with Crippen LogP contribution in [0.25, 0.3) is 11.1 Å². The molecule has 2 aromatic carbocycles. The molecule has 2 N–H and O–H groups in total. The van der Waals surface area contributed by atoms with Crippen LogP contribution >= 0.6 is 0 Å². The van der Waals surface area contributed by atoms with Gasteiger partial charge in [0.25, 0.3) is 0 Å². The average molecular weight is 285 g/mol. The molecule has 0 saturated carbocycles. The summed E-state index contributed by atoms with van der Waals surface area (Å²) in [5.74, 6) is -1.22. The number of carbonyl (C=O) groups is 1. The highest BCUT2D eigenvalue weighted by Crippen LogP contribution is 2.31. The molecule has 0 spiro atoms. The Bertz CT molecular complexity index is 697. The third kappa shape index (κ3) is 2.81. The number of benzene rings is 2. The Hall–Kier alpha value is -2.20. The summed E-state index contributed by atoms with van der Waals surface area (Å²) in [5, 5.41) is 12.2. The summed E-state index contributed by atoms with van der Waals surface area (Å²) in [7, 11) is 0. The van der Waals surface area contributed by atoms with Gasteiger partial charge in [-0.3, -0.25) is 4.79 Å². The van der Waals surface area contributed by atoms with Gasteiger partial charge in [0.2, 0.25) is 0 Å². The minimum Gasteiger partial charge on any atom is -0.481 e. The number of halogens is 1. The van der Waals surface area contributed by atoms with Gasteiger partial charge in [0.15, 0.2) is 0 Å². The lowest BCUT2D eigenvalue weighted by Gasteiger charge is -2.21. The zero-order chi connectivity index (χ0) is 14.8. The van der Waals surface area contributed by atoms with E-state index in [9.17, 15) is 9.18 Å². The monoisotopic (exact) mass is 285 g/mol. The second kappa shape index (κ2) is 5.66. The number of nitrogens with one attached hydrogen (secondary N) is 1. The topological polar surface area (TPSA) is 49.3 Å². The highest BCUT2D eigenvalue weighted by Gasteiger charge is 2.16. The van der Waals surface area contributed by atoms with Gasteiger partial charge in [0, 0.05) is 12.1 Å². The molecular weight excluding hydrogens is 269 g/mol. The maximum Gasteiger partial charge on any atom is 0.307 e. The van der Waals surface area contributed by atoms with Crippen LogP contribution in [0.15, 0.2) is 36.4 Å². The molecule has 108 valence electrons. The van der Waals surface area contributed by atoms with Crippen molar-refractivity contribution in [3.8, 4) is 11.1 Å². The van der Waals surface area contributed by atoms with Crippen molar-refractivity contribution in [2.75, 3.05) is 6.54 Å². The second-order valence-electron chi connectivity index (χ2n) is 5.25. The fraction of sp³-hybridized carbons (Fsp3) is 0.235. The van der Waals surface area contributed by atoms with Crippen LogP contribution in [-0.2, 0) is 24.2 Å². The zero-order valence-electron chi connectivity index (χ0n) is 11.5. The molecule has 0 fully saturated rings. The Labute approximate surface area is 122 Å². The summed E-state index contributed by atoms with van der Waals surface area (Å²) < 4.78 is 14.2. The molecule has 0 bridgehead atoms. The third-order valence-corrected chi connectivity index (χ3v) is 3.82. The van der Waals surface area contributed by atoms with E-state index < -0.39 is 5.97 Å². The number of aliphatic carboxylic acids is 1. The standard InChI is InChI=1S/C17H16FNO2/c18-16-5-4-11(9-17(20)21)8-15(16)14-3-1-2-12-10-19-7-6-13(12)14/h1-5,8,19H,6-7,9-10H2,(H,20,21). The molecule has 0 unspecified atom stereocenters. The lowest BCUT2D eigenvalue weighted by molar-refractivity contribution is -0.136. The molecule has 0 radical (unpaired) electrons. The molecule has 2 aromatic rings. The van der Waals surface area contributed by atoms with Crippen LogP contribution in [0.2, 0.25) is 0 Å². The molecule has 0 atom stereocenters. The highest BCUT2D eigenvalue weighted by molar-refractivity contribution is 5.74. The van der Waals surface area contributed by atoms with E-state index in [0.717, 1.165) is 30.6 Å². The van der Waals surface area contributed by atoms with Gasteiger partial charge in [-0.2, -0.15) is 0 Å². The van der Waals surface area contributed by atoms with Crippen molar-refractivity contribution in [2.24, 2.45) is 0 Å². The van der Waals surface area contributed by atoms with Crippen molar-refractivity contribution in [2.45, 2.75) is 19.4 Å². The predicted octanol–water partition coefficient (Wildman–Crippen LogP) is 2.77. The summed E-state index contributed by atoms with van der Waals surface area (Å²) in [5.41, 5.74) is 4.32. The summed E-state index contributed by atoms with van der Waals surface area (Å²) in [6.45, 7) is 1.67. The van der Waals surface area contributed by atoms with E-state index in [0.29, 0.717) is 11.1 Å². The molecule has 1 aliphatic rings. The van der Waals surface area contributed by atoms with E-state index in [1.54, 1.807) is 6.07 Å². The number of rotatable bonds is 3. The summed E-state index contributed by atoms with van der Waals surface area (Å²) in [6, 6.07) is 10.4. The zero-order valence-corrected chi connectivity index (χ0v) is 11.5. The largest absolute Gasteiger partial charge is 0.481 e. The fourth-order valence-electron chi connectivity index (χ4n) is 2.85. The van der Waals surface area contributed by atoms with Crippen LogP contribution in [0.1, 0.15) is 16.7 Å². The summed E-state index contributed by atoms with van der Waals surface area (Å²) in [6.07, 6.45) is 0.762. The highest BCUT2D eigenvalue weighted by atomic mass is 19.1. The van der Waals surface area contributed by atoms with Crippen LogP contribution in [0.3, 0.4) is 0 Å². The van der Waals surface area contributed by atoms with Gasteiger partial charge in [0.1, 0.15) is 5.82 Å². The van der Waals surface area contributed by atoms with Crippen molar-refractivity contribution >= 4 is 5.97 Å². The summed E-state index contributed by atoms with van der Waals surface area (Å²) >= 11 is 0. The van der Waals surface area contributed by atoms with Gasteiger partial charge in [-0.15, -0.1) is 0 Å². The molecule has 1 aliphatic heterocycles. The molecule has 0 aliphatic carbocycles. The van der Waals surface area contributed by atoms with E-state index in [-0.39, 0.29) is 12.2 Å². The quantitative estimate of drug-likeness (QED) is 0.911. The Morgan fingerprint density at radius 3 is 2.90 bits per heavy atom. The van der Waals surface area contributed by atoms with Crippen LogP contribution in [-0.4, -0.2) is 17.6 Å². The lowest BCUT2D eigenvalue weighted by Crippen LogP contribution is -2.24. The van der Waals surface area contributed by atoms with Crippen molar-refractivity contribution in [1.82, 2.24) is 5.32 Å². The average Bonchev–Trinajstić information content (AvgIpc) is 2.48. The van der Waals surface area contributed by atoms with Gasteiger partial charge < -0.3 is 10.4 Å². The number of fused-ring (bicyclic) bond motifs is 1. The molecule has 0 amide bonds. The number of carboxylic acid groups (broad SMARTS) is 1. The van der Waals surface area contributed by atoms with Crippen molar-refractivity contribution in [3.63, 3.8) is 0 Å². The molecule has 3 rings (SSSR count). The normalized spacial score (nSPS) is 13.8. The second-order valence-corrected chi connectivity index (χ2v) is 5.25. The van der Waals surface area contributed by atoms with Gasteiger partial charge in [0.05, 0.1) is 6.42 Å². The summed E-state index contributed by atoms with van der Waals surface area (Å²) in [4.78, 5) is 10.8. The van der Waals surface area contributed by atoms with Gasteiger partial charge in [-0.1, -0.05) is 24.3 Å². The van der Waals surface area contributed by atoms with E-state index in [1.807, 2.05) is 18.2 Å². The Balaban J connectivity index is 2.09. The molecular formula is C17H16FNO2. The Kier molecular flexibility index (Phi) is 3.71. The van der Waals surface area contributed by atoms with E-state index in [4.69, 9.17) is 5.11 Å². The Morgan fingerprint density at radius 1 is 1.24 bits per heavy atom. The van der Waals surface area contributed by atoms with Crippen molar-refractivity contribution in [3.05, 3.63) is 58.9 Å². The van der Waals surface area contributed by atoms with E-state index in [1.165, 1.54) is 17.7 Å². The van der Waals surface area contributed by atoms with Crippen LogP contribution in [0, 0.1) is 5.82 Å². The first kappa shape index (κ1) is 13.8. The van der Waals surface area contributed by atoms with Crippen LogP contribution in [0.4, 0.5) is 4.39 Å². The van der Waals surface area contributed by atoms with Crippen LogP contribution < -0.4 is 5.32 Å². The van der Waals surface area contributed by atoms with Crippen LogP contribution in [0.5, 0.6) is 0 Å². The Morgan fingerprint density at radius 2 is 2.10 bits per heavy atom. The first-order chi connectivity index (χ1) is 10.1. The number of hydrogen-bond donors (Lipinski definition) is 2.